The summed E-state index contributed by atoms with van der Waals surface area (Å²) in [5, 5.41) is 22.0. The molecule has 1 fully saturated rings. The normalized spacial score (nSPS) is 18.3. The van der Waals surface area contributed by atoms with Crippen LogP contribution in [0.5, 0.6) is 5.75 Å². The van der Waals surface area contributed by atoms with Gasteiger partial charge in [-0.3, -0.25) is 38.5 Å². The summed E-state index contributed by atoms with van der Waals surface area (Å²) in [5.41, 5.74) is 9.55. The van der Waals surface area contributed by atoms with Gasteiger partial charge in [-0.15, -0.1) is 11.6 Å². The molecule has 1 saturated heterocycles. The lowest BCUT2D eigenvalue weighted by Gasteiger charge is -2.31. The zero-order valence-corrected chi connectivity index (χ0v) is 46.0. The molecule has 424 valence electrons. The predicted molar refractivity (Wildman–Crippen MR) is 304 cm³/mol. The number of primary amides is 1. The molecule has 4 aromatic carbocycles. The van der Waals surface area contributed by atoms with E-state index >= 15 is 0 Å². The molecule has 5 atom stereocenters. The van der Waals surface area contributed by atoms with Gasteiger partial charge in [-0.25, -0.2) is 9.59 Å². The molecule has 22 nitrogen and oxygen atoms in total. The summed E-state index contributed by atoms with van der Waals surface area (Å²) in [6, 6.07) is 18.0. The molecule has 4 heterocycles. The third-order valence-corrected chi connectivity index (χ3v) is 15.3. The number of urea groups is 1. The molecule has 8 rings (SSSR count). The Hall–Kier alpha value is -8.08. The third-order valence-electron chi connectivity index (χ3n) is 14.9. The highest BCUT2D eigenvalue weighted by molar-refractivity contribution is 6.19. The van der Waals surface area contributed by atoms with E-state index < -0.39 is 59.8 Å². The third kappa shape index (κ3) is 13.8. The fourth-order valence-electron chi connectivity index (χ4n) is 10.4. The average Bonchev–Trinajstić information content (AvgIpc) is 4.20. The molecule has 4 aromatic rings. The summed E-state index contributed by atoms with van der Waals surface area (Å²) in [6.45, 7) is 9.23. The number of likely N-dealkylation sites (N-methyl/N-ethyl adjacent to an activating group) is 1. The lowest BCUT2D eigenvalue weighted by molar-refractivity contribution is -0.137. The van der Waals surface area contributed by atoms with Crippen molar-refractivity contribution in [3.05, 3.63) is 102 Å². The van der Waals surface area contributed by atoms with Gasteiger partial charge in [0.15, 0.2) is 0 Å². The standard InChI is InChI=1S/C57H69ClN12O10/c1-33(2)50(61-23-22-60-46(71)12-8-24-69-47(72)19-20-48(69)73)54(76)66-43(11-7-21-62-56(59)78)53(75)63-37-15-13-35(14-16-37)52(74)64-38-17-18-42-41(29-38)34(3)51(65-42)55(77)70-32-36(31-58)49-40-10-6-5-9-39(40)45(30-44(49)70)80-57(79)68-27-25-67(4)26-28-68/h5-6,9-10,13-20,29-30,33-34,36,43,50-51,61,65H,7-8,11-12,21-28,31-32H2,1-4H3,(H,60,71)(H,63,75)(H,64,74)(H,66,76)(H3,59,62,78)/t34?,36-,43+,50+,51?/m1/s1. The first kappa shape index (κ1) is 58.1. The van der Waals surface area contributed by atoms with Gasteiger partial charge in [-0.05, 0) is 91.2 Å². The summed E-state index contributed by atoms with van der Waals surface area (Å²) in [6.07, 6.45) is 2.77. The van der Waals surface area contributed by atoms with E-state index in [9.17, 15) is 43.2 Å². The lowest BCUT2D eigenvalue weighted by Crippen LogP contribution is -2.54. The first-order valence-electron chi connectivity index (χ1n) is 27.0. The largest absolute Gasteiger partial charge is 0.415 e. The van der Waals surface area contributed by atoms with E-state index in [1.807, 2.05) is 64.2 Å². The number of carbonyl (C=O) groups is 9. The molecule has 0 spiro atoms. The van der Waals surface area contributed by atoms with E-state index in [0.717, 1.165) is 45.6 Å². The van der Waals surface area contributed by atoms with Crippen molar-refractivity contribution in [2.24, 2.45) is 11.7 Å². The molecule has 23 heteroatoms. The van der Waals surface area contributed by atoms with Crippen LogP contribution in [-0.4, -0.2) is 158 Å². The molecule has 0 radical (unpaired) electrons. The summed E-state index contributed by atoms with van der Waals surface area (Å²) in [4.78, 5) is 123. The van der Waals surface area contributed by atoms with Crippen LogP contribution >= 0.6 is 11.6 Å². The van der Waals surface area contributed by atoms with Gasteiger partial charge in [0.05, 0.1) is 11.7 Å². The molecule has 0 saturated carbocycles. The fourth-order valence-corrected chi connectivity index (χ4v) is 10.7. The molecular weight excluding hydrogens is 1050 g/mol. The van der Waals surface area contributed by atoms with E-state index in [0.29, 0.717) is 60.9 Å². The average molecular weight is 1120 g/mol. The van der Waals surface area contributed by atoms with Crippen molar-refractivity contribution in [1.29, 1.82) is 0 Å². The number of nitrogens with zero attached hydrogens (tertiary/aromatic N) is 4. The summed E-state index contributed by atoms with van der Waals surface area (Å²) in [7, 11) is 2.01. The smallest absolute Gasteiger partial charge is 0.409 e. The Labute approximate surface area is 468 Å². The minimum Gasteiger partial charge on any atom is -0.409 e. The molecule has 0 aromatic heterocycles. The van der Waals surface area contributed by atoms with Crippen LogP contribution in [0.1, 0.15) is 79.8 Å². The Morgan fingerprint density at radius 2 is 1.51 bits per heavy atom. The van der Waals surface area contributed by atoms with Crippen molar-refractivity contribution in [1.82, 2.24) is 36.0 Å². The molecule has 80 heavy (non-hydrogen) atoms. The predicted octanol–water partition coefficient (Wildman–Crippen LogP) is 4.41. The monoisotopic (exact) mass is 1120 g/mol. The minimum absolute atomic E-state index is 0.0940. The number of anilines is 4. The van der Waals surface area contributed by atoms with Crippen molar-refractivity contribution >= 4 is 98.6 Å². The number of carbonyl (C=O) groups excluding carboxylic acids is 9. The van der Waals surface area contributed by atoms with Crippen LogP contribution in [0.2, 0.25) is 0 Å². The maximum Gasteiger partial charge on any atom is 0.415 e. The maximum atomic E-state index is 14.7. The number of halogens is 1. The van der Waals surface area contributed by atoms with Crippen LogP contribution in [0.4, 0.5) is 32.3 Å². The van der Waals surface area contributed by atoms with Crippen molar-refractivity contribution in [2.45, 2.75) is 76.4 Å². The highest BCUT2D eigenvalue weighted by Crippen LogP contribution is 2.47. The first-order valence-corrected chi connectivity index (χ1v) is 27.5. The number of alkyl halides is 1. The quantitative estimate of drug-likeness (QED) is 0.0308. The van der Waals surface area contributed by atoms with Crippen molar-refractivity contribution in [2.75, 3.05) is 92.7 Å². The highest BCUT2D eigenvalue weighted by Gasteiger charge is 2.42. The van der Waals surface area contributed by atoms with Gasteiger partial charge in [0, 0.05) is 129 Å². The molecule has 2 unspecified atom stereocenters. The van der Waals surface area contributed by atoms with Crippen LogP contribution in [0, 0.1) is 5.92 Å². The zero-order chi connectivity index (χ0) is 57.2. The zero-order valence-electron chi connectivity index (χ0n) is 45.3. The van der Waals surface area contributed by atoms with Crippen molar-refractivity contribution < 1.29 is 47.9 Å². The van der Waals surface area contributed by atoms with Crippen LogP contribution in [0.3, 0.4) is 0 Å². The molecule has 4 aliphatic heterocycles. The van der Waals surface area contributed by atoms with Gasteiger partial charge in [0.1, 0.15) is 17.8 Å². The number of benzene rings is 4. The molecule has 9 N–H and O–H groups in total. The van der Waals surface area contributed by atoms with Crippen molar-refractivity contribution in [3.8, 4) is 5.75 Å². The van der Waals surface area contributed by atoms with Gasteiger partial charge in [0.25, 0.3) is 17.7 Å². The van der Waals surface area contributed by atoms with Crippen molar-refractivity contribution in [3.63, 3.8) is 0 Å². The lowest BCUT2D eigenvalue weighted by atomic mass is 9.95. The number of nitrogens with two attached hydrogens (primary N) is 1. The SMILES string of the molecule is CC1c2cc(NC(=O)c3ccc(NC(=O)[C@H](CCCNC(N)=O)NC(=O)[C@@H](NCCNC(=O)CCCN4C(=O)C=CC4=O)C(C)C)cc3)ccc2NC1C(=O)N1C[C@@H](CCl)c2c1cc(OC(=O)N1CCN(C)CC1)c1ccccc21. The van der Waals surface area contributed by atoms with E-state index in [-0.39, 0.29) is 74.5 Å². The Balaban J connectivity index is 0.861. The summed E-state index contributed by atoms with van der Waals surface area (Å²) >= 11 is 6.60. The van der Waals surface area contributed by atoms with Crippen LogP contribution in [0.15, 0.2) is 84.9 Å². The number of fused-ring (bicyclic) bond motifs is 4. The Morgan fingerprint density at radius 1 is 0.812 bits per heavy atom. The Morgan fingerprint density at radius 3 is 2.20 bits per heavy atom. The first-order chi connectivity index (χ1) is 38.4. The van der Waals surface area contributed by atoms with Gasteiger partial charge in [-0.1, -0.05) is 45.0 Å². The number of hydrogen-bond acceptors (Lipinski definition) is 13. The number of piperazine rings is 1. The number of hydrogen-bond donors (Lipinski definition) is 8. The van der Waals surface area contributed by atoms with E-state index in [4.69, 9.17) is 22.1 Å². The number of rotatable bonds is 22. The van der Waals surface area contributed by atoms with E-state index in [1.54, 1.807) is 46.2 Å². The summed E-state index contributed by atoms with van der Waals surface area (Å²) in [5.74, 6) is -2.74. The van der Waals surface area contributed by atoms with E-state index in [1.165, 1.54) is 12.2 Å². The summed E-state index contributed by atoms with van der Waals surface area (Å²) < 4.78 is 6.09. The molecule has 10 amide bonds. The van der Waals surface area contributed by atoms with Gasteiger partial charge < -0.3 is 62.4 Å². The molecule has 0 aliphatic carbocycles. The minimum atomic E-state index is -1.04. The van der Waals surface area contributed by atoms with Crippen LogP contribution < -0.4 is 52.6 Å². The second-order valence-corrected chi connectivity index (χ2v) is 21.1. The molecule has 0 bridgehead atoms. The topological polar surface area (TPSA) is 286 Å². The fraction of sp³-hybridized carbons (Fsp3) is 0.421. The van der Waals surface area contributed by atoms with Crippen LogP contribution in [-0.2, 0) is 28.8 Å². The Kier molecular flexibility index (Phi) is 19.1. The Bertz CT molecular complexity index is 3040. The number of amides is 10. The van der Waals surface area contributed by atoms with Crippen LogP contribution in [0.25, 0.3) is 10.8 Å². The molecular formula is C57H69ClN12O10. The number of imide groups is 1. The van der Waals surface area contributed by atoms with Gasteiger partial charge in [0.2, 0.25) is 23.6 Å². The second-order valence-electron chi connectivity index (χ2n) is 20.8. The van der Waals surface area contributed by atoms with Gasteiger partial charge in [-0.2, -0.15) is 0 Å². The van der Waals surface area contributed by atoms with Gasteiger partial charge >= 0.3 is 12.1 Å². The van der Waals surface area contributed by atoms with E-state index in [2.05, 4.69) is 42.1 Å². The number of nitrogens with one attached hydrogen (secondary N) is 7. The second kappa shape index (κ2) is 26.3. The maximum absolute atomic E-state index is 14.7. The highest BCUT2D eigenvalue weighted by atomic mass is 35.5. The number of ether oxygens (including phenoxy) is 1. The molecule has 4 aliphatic rings.